The van der Waals surface area contributed by atoms with Crippen LogP contribution in [0.15, 0.2) is 0 Å². The number of halogens is 2. The molecule has 0 spiro atoms. The molecule has 0 radical (unpaired) electrons. The molecule has 94 valence electrons. The second-order valence-electron chi connectivity index (χ2n) is 2.00. The number of rotatable bonds is 4. The van der Waals surface area contributed by atoms with Gasteiger partial charge in [-0.2, -0.15) is 0 Å². The molecule has 0 aromatic heterocycles. The number of hydrogen-bond donors (Lipinski definition) is 3. The summed E-state index contributed by atoms with van der Waals surface area (Å²) in [5, 5.41) is 22.5. The van der Waals surface area contributed by atoms with Crippen LogP contribution in [0.2, 0.25) is 0 Å². The van der Waals surface area contributed by atoms with Crippen LogP contribution in [0.1, 0.15) is 0 Å². The first-order valence-electron chi connectivity index (χ1n) is 3.95. The van der Waals surface area contributed by atoms with E-state index in [4.69, 9.17) is 15.1 Å². The van der Waals surface area contributed by atoms with E-state index in [9.17, 15) is 9.59 Å². The maximum Gasteiger partial charge on any atom is 0.631 e. The van der Waals surface area contributed by atoms with Gasteiger partial charge < -0.3 is 24.5 Å². The Kier molecular flexibility index (Phi) is 14.7. The van der Waals surface area contributed by atoms with Crippen LogP contribution in [0.5, 0.6) is 0 Å². The van der Waals surface area contributed by atoms with Crippen molar-refractivity contribution >= 4 is 51.1 Å². The molecule has 0 bridgehead atoms. The van der Waals surface area contributed by atoms with Gasteiger partial charge in [-0.15, -0.1) is 0 Å². The Balaban J connectivity index is 0. The number of alkyl halides is 2. The minimum absolute atomic E-state index is 0.169. The molecule has 16 heavy (non-hydrogen) atoms. The fraction of sp³-hybridized carbons (Fsp3) is 0.667. The van der Waals surface area contributed by atoms with Gasteiger partial charge >= 0.3 is 19.3 Å². The molecule has 0 aromatic rings. The molecule has 0 heterocycles. The van der Waals surface area contributed by atoms with Crippen LogP contribution < -0.4 is 0 Å². The lowest BCUT2D eigenvalue weighted by Crippen LogP contribution is -2.21. The van der Waals surface area contributed by atoms with Gasteiger partial charge in [-0.05, 0) is 0 Å². The summed E-state index contributed by atoms with van der Waals surface area (Å²) < 4.78 is 8.95. The van der Waals surface area contributed by atoms with E-state index in [0.29, 0.717) is 10.7 Å². The third kappa shape index (κ3) is 16.3. The topological polar surface area (TPSA) is 113 Å². The van der Waals surface area contributed by atoms with Crippen molar-refractivity contribution in [1.29, 1.82) is 0 Å². The van der Waals surface area contributed by atoms with Crippen molar-refractivity contribution in [2.45, 2.75) is 0 Å². The van der Waals surface area contributed by atoms with E-state index in [0.717, 1.165) is 0 Å². The largest absolute Gasteiger partial charge is 0.631 e. The number of carbonyl (C=O) groups is 2. The molecular formula is C6H11BBr2O7. The number of carbonyl (C=O) groups excluding carboxylic acids is 2. The molecule has 0 aliphatic heterocycles. The van der Waals surface area contributed by atoms with Crippen molar-refractivity contribution in [2.75, 3.05) is 23.9 Å². The zero-order chi connectivity index (χ0) is 13.0. The smallest absolute Gasteiger partial charge is 0.456 e. The highest BCUT2D eigenvalue weighted by Gasteiger charge is 2.15. The molecular weight excluding hydrogens is 355 g/mol. The van der Waals surface area contributed by atoms with Crippen molar-refractivity contribution < 1.29 is 34.1 Å². The van der Waals surface area contributed by atoms with Crippen molar-refractivity contribution in [3.8, 4) is 0 Å². The molecule has 0 saturated carbocycles. The normalized spacial score (nSPS) is 8.56. The molecule has 3 N–H and O–H groups in total. The predicted molar refractivity (Wildman–Crippen MR) is 61.9 cm³/mol. The van der Waals surface area contributed by atoms with Crippen LogP contribution in [0.25, 0.3) is 0 Å². The number of hydrogen-bond acceptors (Lipinski definition) is 7. The van der Waals surface area contributed by atoms with Crippen LogP contribution in [0, 0.1) is 0 Å². The molecule has 0 aliphatic carbocycles. The third-order valence-electron chi connectivity index (χ3n) is 0.787. The van der Waals surface area contributed by atoms with Crippen LogP contribution in [-0.4, -0.2) is 58.2 Å². The average molecular weight is 366 g/mol. The molecule has 7 nitrogen and oxygen atoms in total. The first-order chi connectivity index (χ1) is 7.45. The van der Waals surface area contributed by atoms with E-state index in [1.165, 1.54) is 0 Å². The Morgan fingerprint density at radius 2 is 1.19 bits per heavy atom. The lowest BCUT2D eigenvalue weighted by atomic mass is 10.3. The third-order valence-corrected chi connectivity index (χ3v) is 1.43. The highest BCUT2D eigenvalue weighted by atomic mass is 79.9. The summed E-state index contributed by atoms with van der Waals surface area (Å²) in [5.41, 5.74) is 0. The van der Waals surface area contributed by atoms with E-state index in [1.54, 1.807) is 0 Å². The van der Waals surface area contributed by atoms with Gasteiger partial charge in [0, 0.05) is 10.7 Å². The van der Waals surface area contributed by atoms with E-state index in [1.807, 2.05) is 0 Å². The second kappa shape index (κ2) is 12.9. The number of ether oxygens (including phenoxy) is 2. The van der Waals surface area contributed by atoms with E-state index in [-0.39, 0.29) is 13.2 Å². The molecule has 0 fully saturated rings. The monoisotopic (exact) mass is 364 g/mol. The highest BCUT2D eigenvalue weighted by Crippen LogP contribution is 1.89. The van der Waals surface area contributed by atoms with Gasteiger partial charge in [0.25, 0.3) is 0 Å². The molecule has 10 heteroatoms. The molecule has 0 unspecified atom stereocenters. The Morgan fingerprint density at radius 3 is 1.38 bits per heavy atom. The fourth-order valence-electron chi connectivity index (χ4n) is 0.380. The van der Waals surface area contributed by atoms with Crippen molar-refractivity contribution in [3.05, 3.63) is 0 Å². The summed E-state index contributed by atoms with van der Waals surface area (Å²) in [6.07, 6.45) is 0. The van der Waals surface area contributed by atoms with Gasteiger partial charge in [0.1, 0.15) is 13.2 Å². The van der Waals surface area contributed by atoms with E-state index >= 15 is 0 Å². The Hall–Kier alpha value is -0.155. The summed E-state index contributed by atoms with van der Waals surface area (Å²) in [5.74, 6) is -1.90. The first kappa shape index (κ1) is 18.2. The zero-order valence-electron chi connectivity index (χ0n) is 8.14. The van der Waals surface area contributed by atoms with Gasteiger partial charge in [-0.25, -0.2) is 9.59 Å². The minimum Gasteiger partial charge on any atom is -0.456 e. The maximum atomic E-state index is 10.7. The average Bonchev–Trinajstić information content (AvgIpc) is 2.21. The van der Waals surface area contributed by atoms with Gasteiger partial charge in [-0.1, -0.05) is 31.9 Å². The first-order valence-corrected chi connectivity index (χ1v) is 6.20. The van der Waals surface area contributed by atoms with Gasteiger partial charge in [0.05, 0.1) is 0 Å². The lowest BCUT2D eigenvalue weighted by Gasteiger charge is -2.01. The standard InChI is InChI=1S/C6H8Br2O4.BH3O3/c7-1-3-11-5(9)6(10)12-4-2-8;2-1(3)4/h1-4H2;2-4H. The van der Waals surface area contributed by atoms with Crippen LogP contribution in [-0.2, 0) is 19.1 Å². The Labute approximate surface area is 109 Å². The minimum atomic E-state index is -2.17. The molecule has 0 aromatic carbocycles. The van der Waals surface area contributed by atoms with Crippen LogP contribution >= 0.6 is 31.9 Å². The summed E-state index contributed by atoms with van der Waals surface area (Å²) in [6.45, 7) is 0.338. The number of esters is 2. The summed E-state index contributed by atoms with van der Waals surface area (Å²) >= 11 is 6.09. The van der Waals surface area contributed by atoms with E-state index in [2.05, 4.69) is 41.3 Å². The van der Waals surface area contributed by atoms with E-state index < -0.39 is 19.3 Å². The lowest BCUT2D eigenvalue weighted by molar-refractivity contribution is -0.166. The molecule has 0 atom stereocenters. The second-order valence-corrected chi connectivity index (χ2v) is 3.58. The van der Waals surface area contributed by atoms with Gasteiger partial charge in [0.2, 0.25) is 0 Å². The molecule has 0 saturated heterocycles. The quantitative estimate of drug-likeness (QED) is 0.248. The van der Waals surface area contributed by atoms with Gasteiger partial charge in [-0.3, -0.25) is 0 Å². The summed E-state index contributed by atoms with van der Waals surface area (Å²) in [6, 6.07) is 0. The molecule has 0 aliphatic rings. The van der Waals surface area contributed by atoms with Crippen LogP contribution in [0.3, 0.4) is 0 Å². The Bertz CT molecular complexity index is 181. The summed E-state index contributed by atoms with van der Waals surface area (Å²) in [7, 11) is -2.17. The van der Waals surface area contributed by atoms with Crippen LogP contribution in [0.4, 0.5) is 0 Å². The SMILES string of the molecule is O=C(OCCBr)C(=O)OCCBr.OB(O)O. The molecule has 0 amide bonds. The van der Waals surface area contributed by atoms with Gasteiger partial charge in [0.15, 0.2) is 0 Å². The fourth-order valence-corrected chi connectivity index (χ4v) is 0.704. The van der Waals surface area contributed by atoms with Crippen molar-refractivity contribution in [1.82, 2.24) is 0 Å². The summed E-state index contributed by atoms with van der Waals surface area (Å²) in [4.78, 5) is 21.3. The molecule has 0 rings (SSSR count). The predicted octanol–water partition coefficient (Wildman–Crippen LogP) is -1.19. The van der Waals surface area contributed by atoms with Crippen molar-refractivity contribution in [2.24, 2.45) is 0 Å². The highest BCUT2D eigenvalue weighted by molar-refractivity contribution is 9.09. The Morgan fingerprint density at radius 1 is 0.938 bits per heavy atom. The van der Waals surface area contributed by atoms with Crippen molar-refractivity contribution in [3.63, 3.8) is 0 Å². The zero-order valence-corrected chi connectivity index (χ0v) is 11.3. The maximum absolute atomic E-state index is 10.7.